The summed E-state index contributed by atoms with van der Waals surface area (Å²) < 4.78 is 24.4. The predicted molar refractivity (Wildman–Crippen MR) is 173 cm³/mol. The van der Waals surface area contributed by atoms with Gasteiger partial charge in [0.1, 0.15) is 11.5 Å². The van der Waals surface area contributed by atoms with Crippen LogP contribution >= 0.6 is 0 Å². The fourth-order valence-electron chi connectivity index (χ4n) is 6.78. The molecule has 230 valence electrons. The van der Waals surface area contributed by atoms with Gasteiger partial charge in [-0.05, 0) is 111 Å². The number of rotatable bonds is 3. The summed E-state index contributed by atoms with van der Waals surface area (Å²) in [4.78, 5) is 4.72. The van der Waals surface area contributed by atoms with Gasteiger partial charge in [-0.1, -0.05) is 30.9 Å². The van der Waals surface area contributed by atoms with Crippen molar-refractivity contribution in [1.82, 2.24) is 9.80 Å². The largest absolute Gasteiger partial charge is 0.502 e. The standard InChI is InChI=1S/C37H42N2O5/c1-7-26-14-16-38(3)30-19-24-8-11-28(12-9-24)44-33-21-25(10-13-32(33)41-5)20-31-35-27(15-17-39(31)4)22-34(42-6)36(40)37(35)43-23(2)18-29(26)30/h7-13,18,21-22,30-31,40H,1,14-17,19-20H2,2-6H3/b23-18+/t30-,31-/m0/s1. The van der Waals surface area contributed by atoms with Gasteiger partial charge < -0.3 is 24.1 Å². The first-order valence-electron chi connectivity index (χ1n) is 15.3. The highest BCUT2D eigenvalue weighted by Gasteiger charge is 2.33. The van der Waals surface area contributed by atoms with Crippen LogP contribution in [0.15, 0.2) is 84.2 Å². The fraction of sp³-hybridized carbons (Fsp3) is 0.351. The summed E-state index contributed by atoms with van der Waals surface area (Å²) in [5, 5.41) is 11.5. The van der Waals surface area contributed by atoms with Crippen LogP contribution < -0.4 is 18.9 Å². The molecule has 4 aliphatic rings. The number of nitrogens with zero attached hydrogens (tertiary/aromatic N) is 2. The van der Waals surface area contributed by atoms with E-state index < -0.39 is 0 Å². The molecule has 0 radical (unpaired) electrons. The van der Waals surface area contributed by atoms with Crippen LogP contribution in [0.2, 0.25) is 0 Å². The van der Waals surface area contributed by atoms with E-state index in [1.54, 1.807) is 14.2 Å². The van der Waals surface area contributed by atoms with E-state index in [4.69, 9.17) is 18.9 Å². The monoisotopic (exact) mass is 594 g/mol. The van der Waals surface area contributed by atoms with Gasteiger partial charge in [0, 0.05) is 30.7 Å². The highest BCUT2D eigenvalue weighted by atomic mass is 16.5. The molecule has 0 aromatic heterocycles. The topological polar surface area (TPSA) is 63.6 Å². The van der Waals surface area contributed by atoms with Gasteiger partial charge in [0.15, 0.2) is 23.0 Å². The minimum Gasteiger partial charge on any atom is -0.502 e. The number of methoxy groups -OCH3 is 2. The molecule has 0 unspecified atom stereocenters. The number of aromatic hydroxyl groups is 1. The van der Waals surface area contributed by atoms with Gasteiger partial charge in [-0.3, -0.25) is 9.80 Å². The minimum absolute atomic E-state index is 0.0160. The van der Waals surface area contributed by atoms with Crippen molar-refractivity contribution >= 4 is 0 Å². The minimum atomic E-state index is -0.0470. The average molecular weight is 595 g/mol. The molecule has 0 fully saturated rings. The summed E-state index contributed by atoms with van der Waals surface area (Å²) in [5.74, 6) is 3.68. The van der Waals surface area contributed by atoms with Crippen molar-refractivity contribution in [3.05, 3.63) is 106 Å². The summed E-state index contributed by atoms with van der Waals surface area (Å²) in [7, 11) is 7.54. The molecule has 4 bridgehead atoms. The van der Waals surface area contributed by atoms with Crippen LogP contribution in [0.3, 0.4) is 0 Å². The van der Waals surface area contributed by atoms with E-state index in [0.717, 1.165) is 54.8 Å². The predicted octanol–water partition coefficient (Wildman–Crippen LogP) is 7.00. The van der Waals surface area contributed by atoms with E-state index in [2.05, 4.69) is 60.8 Å². The Morgan fingerprint density at radius 3 is 2.27 bits per heavy atom. The number of ether oxygens (including phenoxy) is 4. The van der Waals surface area contributed by atoms with E-state index in [9.17, 15) is 5.11 Å². The lowest BCUT2D eigenvalue weighted by molar-refractivity contribution is 0.220. The van der Waals surface area contributed by atoms with Gasteiger partial charge >= 0.3 is 0 Å². The highest BCUT2D eigenvalue weighted by molar-refractivity contribution is 5.61. The maximum atomic E-state index is 11.5. The molecule has 0 saturated carbocycles. The Balaban J connectivity index is 1.55. The first kappa shape index (κ1) is 29.9. The number of fused-ring (bicyclic) bond motifs is 3. The molecule has 3 aromatic rings. The third-order valence-electron chi connectivity index (χ3n) is 9.26. The molecule has 44 heavy (non-hydrogen) atoms. The van der Waals surface area contributed by atoms with Crippen LogP contribution in [0.4, 0.5) is 0 Å². The molecule has 7 rings (SSSR count). The first-order chi connectivity index (χ1) is 21.3. The van der Waals surface area contributed by atoms with Crippen LogP contribution in [-0.4, -0.2) is 62.4 Å². The Morgan fingerprint density at radius 2 is 1.55 bits per heavy atom. The number of likely N-dealkylation sites (N-methyl/N-ethyl adjacent to an activating group) is 2. The van der Waals surface area contributed by atoms with Crippen molar-refractivity contribution < 1.29 is 24.1 Å². The Labute approximate surface area is 260 Å². The van der Waals surface area contributed by atoms with E-state index in [0.29, 0.717) is 35.2 Å². The second-order valence-electron chi connectivity index (χ2n) is 12.0. The van der Waals surface area contributed by atoms with Crippen LogP contribution in [0.1, 0.15) is 41.6 Å². The summed E-state index contributed by atoms with van der Waals surface area (Å²) in [6.07, 6.45) is 7.34. The zero-order chi connectivity index (χ0) is 31.0. The first-order valence-corrected chi connectivity index (χ1v) is 15.3. The van der Waals surface area contributed by atoms with Crippen molar-refractivity contribution in [2.24, 2.45) is 0 Å². The Morgan fingerprint density at radius 1 is 0.864 bits per heavy atom. The van der Waals surface area contributed by atoms with Crippen LogP contribution in [0, 0.1) is 0 Å². The maximum absolute atomic E-state index is 11.5. The van der Waals surface area contributed by atoms with Gasteiger partial charge in [-0.15, -0.1) is 0 Å². The number of allylic oxidation sites excluding steroid dienone is 2. The summed E-state index contributed by atoms with van der Waals surface area (Å²) in [6.45, 7) is 7.92. The molecule has 4 heterocycles. The highest BCUT2D eigenvalue weighted by Crippen LogP contribution is 2.49. The van der Waals surface area contributed by atoms with Gasteiger partial charge in [-0.2, -0.15) is 0 Å². The van der Waals surface area contributed by atoms with Crippen LogP contribution in [0.25, 0.3) is 0 Å². The Hall–Kier alpha value is -4.20. The lowest BCUT2D eigenvalue weighted by Gasteiger charge is -2.37. The smallest absolute Gasteiger partial charge is 0.201 e. The number of phenolic OH excluding ortho intramolecular Hbond substituents is 1. The molecular weight excluding hydrogens is 552 g/mol. The number of hydrogen-bond acceptors (Lipinski definition) is 7. The lowest BCUT2D eigenvalue weighted by atomic mass is 9.87. The summed E-state index contributed by atoms with van der Waals surface area (Å²) >= 11 is 0. The number of phenols is 1. The second kappa shape index (κ2) is 12.4. The van der Waals surface area contributed by atoms with Gasteiger partial charge in [-0.25, -0.2) is 0 Å². The molecule has 7 nitrogen and oxygen atoms in total. The van der Waals surface area contributed by atoms with Crippen LogP contribution in [0.5, 0.6) is 34.5 Å². The van der Waals surface area contributed by atoms with E-state index >= 15 is 0 Å². The van der Waals surface area contributed by atoms with Gasteiger partial charge in [0.05, 0.1) is 14.2 Å². The summed E-state index contributed by atoms with van der Waals surface area (Å²) in [5.41, 5.74) is 6.78. The Kier molecular flexibility index (Phi) is 8.43. The van der Waals surface area contributed by atoms with Crippen molar-refractivity contribution in [3.63, 3.8) is 0 Å². The van der Waals surface area contributed by atoms with Crippen molar-refractivity contribution in [3.8, 4) is 34.5 Å². The maximum Gasteiger partial charge on any atom is 0.201 e. The third kappa shape index (κ3) is 5.70. The number of hydrogen-bond donors (Lipinski definition) is 1. The molecule has 3 aromatic carbocycles. The summed E-state index contributed by atoms with van der Waals surface area (Å²) in [6, 6.07) is 16.5. The number of benzene rings is 3. The second-order valence-corrected chi connectivity index (χ2v) is 12.0. The van der Waals surface area contributed by atoms with Crippen LogP contribution in [-0.2, 0) is 19.3 Å². The quantitative estimate of drug-likeness (QED) is 0.350. The average Bonchev–Trinajstić information content (AvgIpc) is 3.02. The molecule has 0 spiro atoms. The Bertz CT molecular complexity index is 1620. The van der Waals surface area contributed by atoms with Gasteiger partial charge in [0.25, 0.3) is 0 Å². The molecule has 7 heteroatoms. The molecule has 2 atom stereocenters. The third-order valence-corrected chi connectivity index (χ3v) is 9.26. The zero-order valence-electron chi connectivity index (χ0n) is 26.4. The van der Waals surface area contributed by atoms with Crippen molar-refractivity contribution in [2.45, 2.75) is 44.7 Å². The fourth-order valence-corrected chi connectivity index (χ4v) is 6.78. The molecule has 4 aliphatic heterocycles. The normalized spacial score (nSPS) is 21.9. The molecule has 0 amide bonds. The zero-order valence-corrected chi connectivity index (χ0v) is 26.4. The van der Waals surface area contributed by atoms with E-state index in [-0.39, 0.29) is 17.8 Å². The van der Waals surface area contributed by atoms with Crippen molar-refractivity contribution in [2.75, 3.05) is 41.4 Å². The van der Waals surface area contributed by atoms with E-state index in [1.165, 1.54) is 16.7 Å². The van der Waals surface area contributed by atoms with E-state index in [1.807, 2.05) is 37.3 Å². The SMILES string of the molecule is C=CC1=C2/C=C(\C)Oc3c(O)c(OC)cc4c3[C@H](Cc3ccc(OC)c(c3)Oc3ccc(cc3)C[C@@H]2N(C)CC1)N(C)CC4. The van der Waals surface area contributed by atoms with Crippen molar-refractivity contribution in [1.29, 1.82) is 0 Å². The van der Waals surface area contributed by atoms with Gasteiger partial charge in [0.2, 0.25) is 5.75 Å². The molecule has 1 N–H and O–H groups in total. The molecule has 0 saturated heterocycles. The molecule has 0 aliphatic carbocycles. The lowest BCUT2D eigenvalue weighted by Crippen LogP contribution is -2.39. The molecular formula is C37H42N2O5.